The first kappa shape index (κ1) is 39.5. The quantitative estimate of drug-likeness (QED) is 0.126. The number of benzene rings is 16. The van der Waals surface area contributed by atoms with Crippen LogP contribution in [-0.4, -0.2) is 0 Å². The van der Waals surface area contributed by atoms with Crippen LogP contribution in [0.3, 0.4) is 0 Å². The van der Waals surface area contributed by atoms with E-state index in [4.69, 9.17) is 2.74 Å². The van der Waals surface area contributed by atoms with Crippen molar-refractivity contribution in [2.45, 2.75) is 0 Å². The summed E-state index contributed by atoms with van der Waals surface area (Å²) in [5, 5.41) is 10.0. The van der Waals surface area contributed by atoms with Crippen LogP contribution in [0.15, 0.2) is 303 Å². The van der Waals surface area contributed by atoms with Gasteiger partial charge < -0.3 is 9.80 Å². The first-order valence-corrected chi connectivity index (χ1v) is 27.7. The molecule has 0 aliphatic rings. The highest BCUT2D eigenvalue weighted by Gasteiger charge is 2.30. The number of rotatable bonds is 10. The van der Waals surface area contributed by atoms with Crippen molar-refractivity contribution in [3.63, 3.8) is 0 Å². The molecule has 0 radical (unpaired) electrons. The molecule has 2 nitrogen and oxygen atoms in total. The smallest absolute Gasteiger partial charge is 0.155 e. The van der Waals surface area contributed by atoms with Crippen molar-refractivity contribution in [2.24, 2.45) is 0 Å². The van der Waals surface area contributed by atoms with Crippen LogP contribution in [0.2, 0.25) is 0 Å². The number of fused-ring (bicyclic) bond motifs is 4. The van der Waals surface area contributed by atoms with Gasteiger partial charge in [-0.1, -0.05) is 267 Å². The summed E-state index contributed by atoms with van der Waals surface area (Å²) >= 11 is 0. The number of para-hydroxylation sites is 2. The molecule has 0 unspecified atom stereocenters. The Labute approximate surface area is 499 Å². The van der Waals surface area contributed by atoms with Gasteiger partial charge in [0.15, 0.2) is 11.6 Å². The molecule has 0 spiro atoms. The lowest BCUT2D eigenvalue weighted by Gasteiger charge is -2.32. The maximum atomic E-state index is 19.5. The highest BCUT2D eigenvalue weighted by molar-refractivity contribution is 6.28. The zero-order valence-corrected chi connectivity index (χ0v) is 44.7. The van der Waals surface area contributed by atoms with E-state index < -0.39 is 72.1 Å². The zero-order valence-electron chi connectivity index (χ0n) is 54.7. The second kappa shape index (κ2) is 19.9. The number of nitrogens with zero attached hydrogens (tertiary/aromatic N) is 2. The Kier molecular flexibility index (Phi) is 9.37. The molecule has 0 saturated carbocycles. The Morgan fingerprint density at radius 1 is 0.238 bits per heavy atom. The fraction of sp³-hybridized carbons (Fsp3) is 0. The maximum absolute atomic E-state index is 19.5. The fourth-order valence-corrected chi connectivity index (χ4v) is 12.8. The van der Waals surface area contributed by atoms with Crippen molar-refractivity contribution >= 4 is 110 Å². The van der Waals surface area contributed by atoms with Gasteiger partial charge in [-0.3, -0.25) is 0 Å². The van der Waals surface area contributed by atoms with Crippen LogP contribution in [0.25, 0.3) is 120 Å². The molecule has 16 aromatic carbocycles. The minimum absolute atomic E-state index is 0.0917. The van der Waals surface area contributed by atoms with Gasteiger partial charge in [-0.2, -0.15) is 0 Å². The molecule has 16 rings (SSSR count). The van der Waals surface area contributed by atoms with Crippen molar-refractivity contribution < 1.29 is 22.5 Å². The summed E-state index contributed by atoms with van der Waals surface area (Å²) in [6.45, 7) is 0. The Balaban J connectivity index is 1.04. The SMILES string of the molecule is [2H]c1c([2H])c([2H])c(N(c2c(-c3cccc4ccccc34)ccc(-c3cccc4ccccc34)c2F)c2ccc3ccc4c(N(c5c([2H])c([2H])c([2H])c([2H])c5[2H])c5c(-c6cccc7ccccc67)ccc(-c6cccc7ccccc67)c5F)ccc5ccc2c3c54)c([2H])c1[2H]. The number of anilines is 6. The van der Waals surface area contributed by atoms with E-state index in [0.717, 1.165) is 43.1 Å². The molecule has 0 aromatic heterocycles. The molecule has 0 saturated heterocycles. The molecule has 0 amide bonds. The van der Waals surface area contributed by atoms with Gasteiger partial charge in [0.05, 0.1) is 36.5 Å². The summed E-state index contributed by atoms with van der Waals surface area (Å²) < 4.78 is 133. The molecule has 0 heterocycles. The average molecular weight is 1090 g/mol. The van der Waals surface area contributed by atoms with Gasteiger partial charge in [0.25, 0.3) is 0 Å². The Hall–Kier alpha value is -10.9. The topological polar surface area (TPSA) is 6.48 Å². The van der Waals surface area contributed by atoms with Crippen molar-refractivity contribution in [2.75, 3.05) is 9.80 Å². The van der Waals surface area contributed by atoms with Crippen LogP contribution < -0.4 is 9.80 Å². The van der Waals surface area contributed by atoms with E-state index in [0.29, 0.717) is 65.7 Å². The fourth-order valence-electron chi connectivity index (χ4n) is 12.8. The molecule has 4 heteroatoms. The normalized spacial score (nSPS) is 13.4. The van der Waals surface area contributed by atoms with Gasteiger partial charge >= 0.3 is 0 Å². The van der Waals surface area contributed by atoms with Gasteiger partial charge in [0, 0.05) is 44.4 Å². The van der Waals surface area contributed by atoms with Crippen LogP contribution in [0.1, 0.15) is 13.7 Å². The van der Waals surface area contributed by atoms with Crippen molar-refractivity contribution in [1.29, 1.82) is 0 Å². The average Bonchev–Trinajstić information content (AvgIpc) is 0.712. The van der Waals surface area contributed by atoms with E-state index in [1.807, 2.05) is 218 Å². The van der Waals surface area contributed by atoms with Crippen LogP contribution in [0, 0.1) is 11.6 Å². The molecule has 0 N–H and O–H groups in total. The Morgan fingerprint density at radius 2 is 0.536 bits per heavy atom. The summed E-state index contributed by atoms with van der Waals surface area (Å²) in [6.07, 6.45) is 0. The third-order valence-corrected chi connectivity index (χ3v) is 16.5. The first-order valence-electron chi connectivity index (χ1n) is 32.7. The third kappa shape index (κ3) is 7.83. The highest BCUT2D eigenvalue weighted by Crippen LogP contribution is 2.54. The largest absolute Gasteiger partial charge is 0.307 e. The monoisotopic (exact) mass is 1090 g/mol. The summed E-state index contributed by atoms with van der Waals surface area (Å²) in [5.41, 5.74) is 3.16. The van der Waals surface area contributed by atoms with E-state index in [-0.39, 0.29) is 45.3 Å². The molecule has 16 aromatic rings. The molecule has 394 valence electrons. The van der Waals surface area contributed by atoms with E-state index in [1.165, 1.54) is 9.80 Å². The molecular weight excluding hydrogens is 1030 g/mol. The lowest BCUT2D eigenvalue weighted by atomic mass is 9.89. The van der Waals surface area contributed by atoms with Crippen molar-refractivity contribution in [3.05, 3.63) is 315 Å². The summed E-state index contributed by atoms with van der Waals surface area (Å²) in [4.78, 5) is 2.94. The van der Waals surface area contributed by atoms with Gasteiger partial charge in [-0.15, -0.1) is 0 Å². The number of halogens is 2. The first-order chi connectivity index (χ1) is 45.7. The minimum Gasteiger partial charge on any atom is -0.307 e. The molecular formula is C80H50F2N2. The lowest BCUT2D eigenvalue weighted by Crippen LogP contribution is -2.15. The molecule has 0 atom stereocenters. The van der Waals surface area contributed by atoms with E-state index in [1.54, 1.807) is 24.3 Å². The van der Waals surface area contributed by atoms with Crippen LogP contribution in [0.4, 0.5) is 42.9 Å². The maximum Gasteiger partial charge on any atom is 0.155 e. The molecule has 0 bridgehead atoms. The molecule has 0 aliphatic heterocycles. The number of hydrogen-bond acceptors (Lipinski definition) is 2. The van der Waals surface area contributed by atoms with Gasteiger partial charge in [0.2, 0.25) is 0 Å². The van der Waals surface area contributed by atoms with Crippen LogP contribution in [-0.2, 0) is 0 Å². The molecule has 0 fully saturated rings. The van der Waals surface area contributed by atoms with Crippen molar-refractivity contribution in [1.82, 2.24) is 0 Å². The number of hydrogen-bond donors (Lipinski definition) is 0. The third-order valence-electron chi connectivity index (χ3n) is 16.5. The Bertz CT molecular complexity index is 5460. The predicted octanol–water partition coefficient (Wildman–Crippen LogP) is 23.1. The molecule has 84 heavy (non-hydrogen) atoms. The van der Waals surface area contributed by atoms with E-state index in [9.17, 15) is 11.0 Å². The van der Waals surface area contributed by atoms with Crippen LogP contribution >= 0.6 is 0 Å². The van der Waals surface area contributed by atoms with Gasteiger partial charge in [-0.05, 0) is 123 Å². The summed E-state index contributed by atoms with van der Waals surface area (Å²) in [6, 6.07) is 69.2. The van der Waals surface area contributed by atoms with E-state index >= 15 is 8.78 Å². The summed E-state index contributed by atoms with van der Waals surface area (Å²) in [5.74, 6) is -1.46. The standard InChI is InChI=1S/C80H50F2N2/c81-77-67(63-35-15-23-51-19-7-11-31-59(51)63)45-47-69(65-37-17-25-53-21-9-13-33-61(53)65)79(77)83(57-27-3-1-4-28-57)73-49-41-55-40-44-72-74(50-42-56-39-43-71(73)75(55)76(56)72)84(58-29-5-2-6-30-58)80-70(66-38-18-26-54-22-10-14-34-62(54)66)48-46-68(78(80)82)64-36-16-24-52-20-8-12-32-60(52)64/h1-50H/i1D,2D,3D,4D,5D,6D,27D,28D,29D,30D. The zero-order chi connectivity index (χ0) is 64.5. The molecule has 0 aliphatic carbocycles. The van der Waals surface area contributed by atoms with Crippen LogP contribution in [0.5, 0.6) is 0 Å². The lowest BCUT2D eigenvalue weighted by molar-refractivity contribution is 0.632. The second-order valence-corrected chi connectivity index (χ2v) is 21.0. The summed E-state index contributed by atoms with van der Waals surface area (Å²) in [7, 11) is 0. The van der Waals surface area contributed by atoms with E-state index in [2.05, 4.69) is 0 Å². The second-order valence-electron chi connectivity index (χ2n) is 21.0. The van der Waals surface area contributed by atoms with Gasteiger partial charge in [-0.25, -0.2) is 8.78 Å². The Morgan fingerprint density at radius 3 is 0.893 bits per heavy atom. The predicted molar refractivity (Wildman–Crippen MR) is 351 cm³/mol. The minimum atomic E-state index is -0.731. The highest BCUT2D eigenvalue weighted by atomic mass is 19.1. The van der Waals surface area contributed by atoms with Crippen molar-refractivity contribution in [3.8, 4) is 44.5 Å². The van der Waals surface area contributed by atoms with Gasteiger partial charge in [0.1, 0.15) is 0 Å².